The van der Waals surface area contributed by atoms with Gasteiger partial charge in [-0.1, -0.05) is 34.7 Å². The van der Waals surface area contributed by atoms with Gasteiger partial charge in [0.1, 0.15) is 5.02 Å². The van der Waals surface area contributed by atoms with Gasteiger partial charge >= 0.3 is 0 Å². The standard InChI is InChI=1S/C20H18ClN5O2/c1-12-9-17(28-25-12)20(2,27)7-5-13-3-4-14-6-8-26(16(14)10-13)18-15(21)11-23-19(22)24-18/h3-4,9-11,27H,6,8H2,1-2H3,(H2,22,23,24). The molecule has 3 aromatic rings. The molecule has 3 heterocycles. The van der Waals surface area contributed by atoms with Crippen molar-refractivity contribution < 1.29 is 9.63 Å². The molecular formula is C20H18ClN5O2. The van der Waals surface area contributed by atoms with E-state index < -0.39 is 5.60 Å². The molecule has 2 aromatic heterocycles. The Bertz CT molecular complexity index is 1110. The van der Waals surface area contributed by atoms with Crippen molar-refractivity contribution >= 4 is 29.1 Å². The Morgan fingerprint density at radius 1 is 1.36 bits per heavy atom. The number of nitrogens with zero attached hydrogens (tertiary/aromatic N) is 4. The number of halogens is 1. The lowest BCUT2D eigenvalue weighted by Gasteiger charge is -2.19. The monoisotopic (exact) mass is 395 g/mol. The number of nitrogen functional groups attached to an aromatic ring is 1. The summed E-state index contributed by atoms with van der Waals surface area (Å²) in [6, 6.07) is 7.56. The zero-order valence-electron chi connectivity index (χ0n) is 15.4. The molecule has 1 atom stereocenters. The van der Waals surface area contributed by atoms with Gasteiger partial charge in [0.2, 0.25) is 5.95 Å². The molecule has 0 aliphatic carbocycles. The molecule has 1 aliphatic heterocycles. The van der Waals surface area contributed by atoms with Crippen molar-refractivity contribution in [2.24, 2.45) is 0 Å². The van der Waals surface area contributed by atoms with Crippen LogP contribution in [0.5, 0.6) is 0 Å². The highest BCUT2D eigenvalue weighted by molar-refractivity contribution is 6.33. The topological polar surface area (TPSA) is 101 Å². The van der Waals surface area contributed by atoms with Crippen molar-refractivity contribution in [2.45, 2.75) is 25.9 Å². The molecule has 4 rings (SSSR count). The van der Waals surface area contributed by atoms with E-state index in [1.807, 2.05) is 23.1 Å². The second-order valence-electron chi connectivity index (χ2n) is 6.80. The first-order chi connectivity index (χ1) is 13.3. The van der Waals surface area contributed by atoms with Crippen LogP contribution in [0.3, 0.4) is 0 Å². The van der Waals surface area contributed by atoms with E-state index in [0.717, 1.165) is 29.8 Å². The number of rotatable bonds is 2. The summed E-state index contributed by atoms with van der Waals surface area (Å²) in [4.78, 5) is 10.2. The molecule has 7 nitrogen and oxygen atoms in total. The van der Waals surface area contributed by atoms with Crippen molar-refractivity contribution in [3.05, 3.63) is 58.1 Å². The van der Waals surface area contributed by atoms with Crippen LogP contribution in [0.25, 0.3) is 0 Å². The maximum absolute atomic E-state index is 10.6. The first-order valence-corrected chi connectivity index (χ1v) is 9.09. The summed E-state index contributed by atoms with van der Waals surface area (Å²) in [6.07, 6.45) is 2.36. The largest absolute Gasteiger partial charge is 0.371 e. The third-order valence-corrected chi connectivity index (χ3v) is 4.81. The van der Waals surface area contributed by atoms with E-state index in [-0.39, 0.29) is 5.95 Å². The molecule has 0 fully saturated rings. The van der Waals surface area contributed by atoms with Crippen LogP contribution in [-0.2, 0) is 12.0 Å². The van der Waals surface area contributed by atoms with Crippen molar-refractivity contribution in [3.63, 3.8) is 0 Å². The molecule has 1 aromatic carbocycles. The number of aromatic nitrogens is 3. The van der Waals surface area contributed by atoms with Crippen molar-refractivity contribution in [2.75, 3.05) is 17.2 Å². The SMILES string of the molecule is Cc1cc(C(C)(O)C#Cc2ccc3c(c2)N(c2nc(N)ncc2Cl)CC3)on1. The molecule has 8 heteroatoms. The van der Waals surface area contributed by atoms with Gasteiger partial charge in [0.05, 0.1) is 11.9 Å². The first kappa shape index (κ1) is 18.3. The molecule has 1 aliphatic rings. The van der Waals surface area contributed by atoms with E-state index in [2.05, 4.69) is 27.0 Å². The number of fused-ring (bicyclic) bond motifs is 1. The minimum atomic E-state index is -1.44. The summed E-state index contributed by atoms with van der Waals surface area (Å²) in [5.74, 6) is 6.92. The van der Waals surface area contributed by atoms with E-state index in [9.17, 15) is 5.11 Å². The lowest BCUT2D eigenvalue weighted by Crippen LogP contribution is -2.17. The van der Waals surface area contributed by atoms with Crippen LogP contribution >= 0.6 is 11.6 Å². The molecule has 0 saturated carbocycles. The molecule has 3 N–H and O–H groups in total. The molecule has 0 spiro atoms. The Kier molecular flexibility index (Phi) is 4.46. The van der Waals surface area contributed by atoms with Crippen LogP contribution in [0.15, 0.2) is 35.0 Å². The summed E-state index contributed by atoms with van der Waals surface area (Å²) in [5, 5.41) is 14.8. The molecule has 1 unspecified atom stereocenters. The fraction of sp³-hybridized carbons (Fsp3) is 0.250. The Morgan fingerprint density at radius 2 is 2.18 bits per heavy atom. The number of anilines is 3. The summed E-state index contributed by atoms with van der Waals surface area (Å²) in [6.45, 7) is 4.09. The second-order valence-corrected chi connectivity index (χ2v) is 7.21. The lowest BCUT2D eigenvalue weighted by molar-refractivity contribution is 0.0872. The van der Waals surface area contributed by atoms with Gasteiger partial charge in [-0.2, -0.15) is 4.98 Å². The fourth-order valence-electron chi connectivity index (χ4n) is 3.09. The van der Waals surface area contributed by atoms with Gasteiger partial charge in [-0.3, -0.25) is 0 Å². The number of hydrogen-bond donors (Lipinski definition) is 2. The third kappa shape index (κ3) is 3.40. The van der Waals surface area contributed by atoms with Gasteiger partial charge in [0.15, 0.2) is 17.2 Å². The van der Waals surface area contributed by atoms with Crippen LogP contribution in [0.2, 0.25) is 5.02 Å². The number of aliphatic hydroxyl groups is 1. The Morgan fingerprint density at radius 3 is 2.93 bits per heavy atom. The first-order valence-electron chi connectivity index (χ1n) is 8.71. The zero-order chi connectivity index (χ0) is 19.9. The van der Waals surface area contributed by atoms with Gasteiger partial charge in [-0.05, 0) is 38.0 Å². The van der Waals surface area contributed by atoms with Gasteiger partial charge in [-0.25, -0.2) is 4.98 Å². The summed E-state index contributed by atoms with van der Waals surface area (Å²) in [5.41, 5.74) is 7.85. The highest BCUT2D eigenvalue weighted by atomic mass is 35.5. The van der Waals surface area contributed by atoms with Crippen LogP contribution < -0.4 is 10.6 Å². The number of benzene rings is 1. The van der Waals surface area contributed by atoms with Crippen molar-refractivity contribution in [1.82, 2.24) is 15.1 Å². The van der Waals surface area contributed by atoms with Gasteiger partial charge in [0, 0.05) is 23.9 Å². The number of nitrogens with two attached hydrogens (primary N) is 1. The van der Waals surface area contributed by atoms with E-state index >= 15 is 0 Å². The molecule has 0 saturated heterocycles. The minimum absolute atomic E-state index is 0.169. The predicted octanol–water partition coefficient (Wildman–Crippen LogP) is 2.96. The molecular weight excluding hydrogens is 378 g/mol. The van der Waals surface area contributed by atoms with Crippen molar-refractivity contribution in [3.8, 4) is 11.8 Å². The third-order valence-electron chi connectivity index (χ3n) is 4.54. The van der Waals surface area contributed by atoms with Gasteiger partial charge < -0.3 is 20.3 Å². The average Bonchev–Trinajstić information content (AvgIpc) is 3.28. The van der Waals surface area contributed by atoms with E-state index in [1.54, 1.807) is 19.9 Å². The fourth-order valence-corrected chi connectivity index (χ4v) is 3.28. The maximum atomic E-state index is 10.6. The molecule has 0 amide bonds. The van der Waals surface area contributed by atoms with Crippen LogP contribution in [0.1, 0.15) is 29.5 Å². The molecule has 0 bridgehead atoms. The summed E-state index contributed by atoms with van der Waals surface area (Å²) >= 11 is 6.27. The second kappa shape index (κ2) is 6.82. The zero-order valence-corrected chi connectivity index (χ0v) is 16.2. The highest BCUT2D eigenvalue weighted by Crippen LogP contribution is 2.37. The highest BCUT2D eigenvalue weighted by Gasteiger charge is 2.26. The van der Waals surface area contributed by atoms with E-state index in [1.165, 1.54) is 6.20 Å². The smallest absolute Gasteiger partial charge is 0.222 e. The number of aryl methyl sites for hydroxylation is 1. The van der Waals surface area contributed by atoms with Crippen molar-refractivity contribution in [1.29, 1.82) is 0 Å². The quantitative estimate of drug-likeness (QED) is 0.643. The Labute approximate surface area is 167 Å². The average molecular weight is 396 g/mol. The van der Waals surface area contributed by atoms with E-state index in [0.29, 0.717) is 22.3 Å². The normalized spacial score (nSPS) is 14.9. The van der Waals surface area contributed by atoms with Gasteiger partial charge in [-0.15, -0.1) is 0 Å². The van der Waals surface area contributed by atoms with Crippen LogP contribution in [0.4, 0.5) is 17.5 Å². The molecule has 142 valence electrons. The minimum Gasteiger partial charge on any atom is -0.371 e. The molecule has 0 radical (unpaired) electrons. The van der Waals surface area contributed by atoms with Crippen LogP contribution in [0, 0.1) is 18.8 Å². The van der Waals surface area contributed by atoms with Crippen LogP contribution in [-0.4, -0.2) is 26.8 Å². The summed E-state index contributed by atoms with van der Waals surface area (Å²) in [7, 11) is 0. The van der Waals surface area contributed by atoms with Gasteiger partial charge in [0.25, 0.3) is 0 Å². The maximum Gasteiger partial charge on any atom is 0.222 e. The Balaban J connectivity index is 1.67. The summed E-state index contributed by atoms with van der Waals surface area (Å²) < 4.78 is 5.14. The molecule has 28 heavy (non-hydrogen) atoms. The van der Waals surface area contributed by atoms with E-state index in [4.69, 9.17) is 21.9 Å². The Hall–Kier alpha value is -3.08. The predicted molar refractivity (Wildman–Crippen MR) is 106 cm³/mol. The lowest BCUT2D eigenvalue weighted by atomic mass is 10.0. The number of hydrogen-bond acceptors (Lipinski definition) is 7.